The molecule has 0 aromatic carbocycles. The molecule has 0 aromatic heterocycles. The predicted molar refractivity (Wildman–Crippen MR) is 77.9 cm³/mol. The first-order valence-electron chi connectivity index (χ1n) is 6.92. The van der Waals surface area contributed by atoms with Crippen molar-refractivity contribution in [1.29, 1.82) is 0 Å². The second-order valence-electron chi connectivity index (χ2n) is 4.94. The van der Waals surface area contributed by atoms with E-state index in [1.54, 1.807) is 0 Å². The van der Waals surface area contributed by atoms with E-state index in [9.17, 15) is 14.4 Å². The number of rotatable bonds is 9. The molecular formula is C12H24BN3O5. The summed E-state index contributed by atoms with van der Waals surface area (Å²) in [6.45, 7) is 4.69. The summed E-state index contributed by atoms with van der Waals surface area (Å²) in [6.07, 6.45) is 1.72. The fraction of sp³-hybridized carbons (Fsp3) is 0.750. The average molecular weight is 301 g/mol. The van der Waals surface area contributed by atoms with Gasteiger partial charge in [-0.3, -0.25) is 14.4 Å². The lowest BCUT2D eigenvalue weighted by Crippen LogP contribution is -2.52. The van der Waals surface area contributed by atoms with E-state index >= 15 is 0 Å². The maximum absolute atomic E-state index is 11.9. The summed E-state index contributed by atoms with van der Waals surface area (Å²) in [5, 5.41) is 25.5. The van der Waals surface area contributed by atoms with Crippen LogP contribution in [0.1, 0.15) is 40.0 Å². The van der Waals surface area contributed by atoms with Crippen LogP contribution in [0.15, 0.2) is 0 Å². The number of hydrogen-bond acceptors (Lipinski definition) is 5. The zero-order valence-electron chi connectivity index (χ0n) is 12.7. The first-order chi connectivity index (χ1) is 9.73. The van der Waals surface area contributed by atoms with E-state index in [4.69, 9.17) is 10.0 Å². The molecule has 0 fully saturated rings. The lowest BCUT2D eigenvalue weighted by Gasteiger charge is -2.20. The Kier molecular flexibility index (Phi) is 9.39. The molecule has 0 aliphatic carbocycles. The average Bonchev–Trinajstić information content (AvgIpc) is 2.35. The van der Waals surface area contributed by atoms with Crippen LogP contribution < -0.4 is 16.0 Å². The fourth-order valence-corrected chi connectivity index (χ4v) is 1.65. The largest absolute Gasteiger partial charge is 0.475 e. The molecule has 0 saturated carbocycles. The summed E-state index contributed by atoms with van der Waals surface area (Å²) in [5.41, 5.74) is 0. The molecule has 0 aliphatic rings. The summed E-state index contributed by atoms with van der Waals surface area (Å²) in [4.78, 5) is 33.8. The summed E-state index contributed by atoms with van der Waals surface area (Å²) in [5.74, 6) is -1.75. The third kappa shape index (κ3) is 9.86. The molecule has 0 saturated heterocycles. The van der Waals surface area contributed by atoms with Gasteiger partial charge >= 0.3 is 7.12 Å². The second-order valence-corrected chi connectivity index (χ2v) is 4.94. The third-order valence-corrected chi connectivity index (χ3v) is 2.80. The second kappa shape index (κ2) is 10.2. The molecule has 0 radical (unpaired) electrons. The van der Waals surface area contributed by atoms with Gasteiger partial charge in [-0.25, -0.2) is 0 Å². The van der Waals surface area contributed by atoms with Crippen molar-refractivity contribution in [2.24, 2.45) is 0 Å². The lowest BCUT2D eigenvalue weighted by molar-refractivity contribution is -0.128. The van der Waals surface area contributed by atoms with E-state index in [-0.39, 0.29) is 11.8 Å². The molecule has 2 atom stereocenters. The first-order valence-corrected chi connectivity index (χ1v) is 6.92. The molecule has 0 aromatic rings. The zero-order valence-corrected chi connectivity index (χ0v) is 12.7. The monoisotopic (exact) mass is 301 g/mol. The maximum atomic E-state index is 11.9. The van der Waals surface area contributed by atoms with Crippen molar-refractivity contribution in [3.05, 3.63) is 0 Å². The Morgan fingerprint density at radius 3 is 2.14 bits per heavy atom. The molecular weight excluding hydrogens is 277 g/mol. The van der Waals surface area contributed by atoms with E-state index in [0.29, 0.717) is 25.8 Å². The van der Waals surface area contributed by atoms with E-state index in [1.807, 2.05) is 0 Å². The standard InChI is InChI=1S/C12H24BN3O5/c1-8(13(20)21)15-12(19)11(16-10(3)18)6-4-5-7-14-9(2)17/h8,11,20-21H,4-7H2,1-3H3,(H,14,17)(H,15,19)(H,16,18)/t8?,11-/m0/s1. The molecule has 1 unspecified atom stereocenters. The van der Waals surface area contributed by atoms with Gasteiger partial charge in [0, 0.05) is 20.4 Å². The van der Waals surface area contributed by atoms with Crippen molar-refractivity contribution in [1.82, 2.24) is 16.0 Å². The predicted octanol–water partition coefficient (Wildman–Crippen LogP) is -1.69. The van der Waals surface area contributed by atoms with E-state index < -0.39 is 25.0 Å². The third-order valence-electron chi connectivity index (χ3n) is 2.80. The molecule has 5 N–H and O–H groups in total. The van der Waals surface area contributed by atoms with Crippen LogP contribution in [0, 0.1) is 0 Å². The smallest absolute Gasteiger partial charge is 0.426 e. The number of hydrogen-bond donors (Lipinski definition) is 5. The Balaban J connectivity index is 4.27. The van der Waals surface area contributed by atoms with Gasteiger partial charge in [-0.1, -0.05) is 0 Å². The van der Waals surface area contributed by atoms with Crippen molar-refractivity contribution >= 4 is 24.8 Å². The number of amides is 3. The molecule has 120 valence electrons. The zero-order chi connectivity index (χ0) is 16.4. The number of nitrogens with one attached hydrogen (secondary N) is 3. The highest BCUT2D eigenvalue weighted by Gasteiger charge is 2.25. The van der Waals surface area contributed by atoms with Gasteiger partial charge in [-0.2, -0.15) is 0 Å². The van der Waals surface area contributed by atoms with Gasteiger partial charge in [0.2, 0.25) is 17.7 Å². The summed E-state index contributed by atoms with van der Waals surface area (Å²) in [6, 6.07) is -0.735. The van der Waals surface area contributed by atoms with E-state index in [1.165, 1.54) is 20.8 Å². The Bertz CT molecular complexity index is 365. The lowest BCUT2D eigenvalue weighted by atomic mass is 9.81. The van der Waals surface area contributed by atoms with Crippen LogP contribution in [0.3, 0.4) is 0 Å². The van der Waals surface area contributed by atoms with Gasteiger partial charge in [-0.15, -0.1) is 0 Å². The fourth-order valence-electron chi connectivity index (χ4n) is 1.65. The minimum absolute atomic E-state index is 0.114. The molecule has 0 rings (SSSR count). The molecule has 0 heterocycles. The molecule has 0 bridgehead atoms. The van der Waals surface area contributed by atoms with Crippen molar-refractivity contribution in [2.45, 2.75) is 52.0 Å². The quantitative estimate of drug-likeness (QED) is 0.256. The van der Waals surface area contributed by atoms with Crippen LogP contribution in [0.25, 0.3) is 0 Å². The van der Waals surface area contributed by atoms with Crippen molar-refractivity contribution in [3.63, 3.8) is 0 Å². The molecule has 21 heavy (non-hydrogen) atoms. The van der Waals surface area contributed by atoms with Gasteiger partial charge < -0.3 is 26.0 Å². The highest BCUT2D eigenvalue weighted by molar-refractivity contribution is 6.43. The van der Waals surface area contributed by atoms with Gasteiger partial charge in [0.25, 0.3) is 0 Å². The van der Waals surface area contributed by atoms with Crippen LogP contribution in [0.4, 0.5) is 0 Å². The number of carbonyl (C=O) groups excluding carboxylic acids is 3. The minimum atomic E-state index is -1.66. The summed E-state index contributed by atoms with van der Waals surface area (Å²) >= 11 is 0. The topological polar surface area (TPSA) is 128 Å². The van der Waals surface area contributed by atoms with Crippen LogP contribution in [0.2, 0.25) is 0 Å². The normalized spacial score (nSPS) is 13.0. The molecule has 8 nitrogen and oxygen atoms in total. The molecule has 3 amide bonds. The SMILES string of the molecule is CC(=O)NCCCC[C@H](NC(C)=O)C(=O)NC(C)B(O)O. The first kappa shape index (κ1) is 19.4. The minimum Gasteiger partial charge on any atom is -0.426 e. The Labute approximate surface area is 124 Å². The van der Waals surface area contributed by atoms with E-state index in [2.05, 4.69) is 16.0 Å². The molecule has 0 aliphatic heterocycles. The van der Waals surface area contributed by atoms with Gasteiger partial charge in [0.15, 0.2) is 0 Å². The van der Waals surface area contributed by atoms with Crippen molar-refractivity contribution in [3.8, 4) is 0 Å². The number of unbranched alkanes of at least 4 members (excludes halogenated alkanes) is 1. The van der Waals surface area contributed by atoms with Gasteiger partial charge in [0.05, 0.1) is 5.94 Å². The Hall–Kier alpha value is -1.61. The highest BCUT2D eigenvalue weighted by Crippen LogP contribution is 2.02. The Morgan fingerprint density at radius 2 is 1.67 bits per heavy atom. The van der Waals surface area contributed by atoms with Gasteiger partial charge in [0.1, 0.15) is 6.04 Å². The van der Waals surface area contributed by atoms with Crippen molar-refractivity contribution in [2.75, 3.05) is 6.54 Å². The maximum Gasteiger partial charge on any atom is 0.475 e. The van der Waals surface area contributed by atoms with Crippen LogP contribution in [-0.2, 0) is 14.4 Å². The summed E-state index contributed by atoms with van der Waals surface area (Å²) in [7, 11) is -1.66. The summed E-state index contributed by atoms with van der Waals surface area (Å²) < 4.78 is 0. The van der Waals surface area contributed by atoms with Crippen LogP contribution >= 0.6 is 0 Å². The van der Waals surface area contributed by atoms with Gasteiger partial charge in [-0.05, 0) is 26.2 Å². The highest BCUT2D eigenvalue weighted by atomic mass is 16.4. The molecule has 0 spiro atoms. The Morgan fingerprint density at radius 1 is 1.05 bits per heavy atom. The van der Waals surface area contributed by atoms with E-state index in [0.717, 1.165) is 0 Å². The number of carbonyl (C=O) groups is 3. The molecule has 9 heteroatoms. The van der Waals surface area contributed by atoms with Crippen LogP contribution in [-0.4, -0.2) is 53.4 Å². The van der Waals surface area contributed by atoms with Crippen molar-refractivity contribution < 1.29 is 24.4 Å². The van der Waals surface area contributed by atoms with Crippen LogP contribution in [0.5, 0.6) is 0 Å².